The minimum atomic E-state index is -0.408. The Bertz CT molecular complexity index is 832. The van der Waals surface area contributed by atoms with Crippen molar-refractivity contribution in [2.45, 2.75) is 51.0 Å². The molecule has 0 saturated carbocycles. The third-order valence-corrected chi connectivity index (χ3v) is 5.90. The fraction of sp³-hybridized carbons (Fsp3) is 0.348. The number of rotatable bonds is 6. The van der Waals surface area contributed by atoms with Crippen molar-refractivity contribution < 1.29 is 14.6 Å². The first kappa shape index (κ1) is 19.6. The van der Waals surface area contributed by atoms with E-state index in [1.807, 2.05) is 51.1 Å². The SMILES string of the molecule is Cc1cc(C)c(C2=C(O)CC(CCCSc3ccccc3)OC2=O)c(C)c1. The maximum Gasteiger partial charge on any atom is 0.342 e. The Hall–Kier alpha value is -2.20. The summed E-state index contributed by atoms with van der Waals surface area (Å²) in [5, 5.41) is 10.6. The van der Waals surface area contributed by atoms with Crippen LogP contribution < -0.4 is 0 Å². The van der Waals surface area contributed by atoms with Gasteiger partial charge < -0.3 is 9.84 Å². The van der Waals surface area contributed by atoms with Crippen molar-refractivity contribution in [3.63, 3.8) is 0 Å². The highest BCUT2D eigenvalue weighted by molar-refractivity contribution is 7.99. The number of carbonyl (C=O) groups excluding carboxylic acids is 1. The van der Waals surface area contributed by atoms with E-state index in [0.717, 1.165) is 40.8 Å². The number of esters is 1. The Morgan fingerprint density at radius 3 is 2.41 bits per heavy atom. The molecule has 0 bridgehead atoms. The number of hydrogen-bond acceptors (Lipinski definition) is 4. The van der Waals surface area contributed by atoms with E-state index in [-0.39, 0.29) is 11.9 Å². The lowest BCUT2D eigenvalue weighted by Crippen LogP contribution is -2.27. The molecule has 1 atom stereocenters. The second-order valence-electron chi connectivity index (χ2n) is 7.13. The standard InChI is InChI=1S/C23H26O3S/c1-15-12-16(2)21(17(3)13-15)22-20(24)14-18(26-23(22)25)8-7-11-27-19-9-5-4-6-10-19/h4-6,9-10,12-13,18,24H,7-8,11,14H2,1-3H3. The molecule has 3 rings (SSSR count). The molecule has 0 aliphatic carbocycles. The summed E-state index contributed by atoms with van der Waals surface area (Å²) in [5.41, 5.74) is 4.26. The largest absolute Gasteiger partial charge is 0.511 e. The summed E-state index contributed by atoms with van der Waals surface area (Å²) in [5.74, 6) is 0.711. The highest BCUT2D eigenvalue weighted by Gasteiger charge is 2.31. The number of aryl methyl sites for hydroxylation is 3. The molecular formula is C23H26O3S. The monoisotopic (exact) mass is 382 g/mol. The highest BCUT2D eigenvalue weighted by Crippen LogP contribution is 2.34. The summed E-state index contributed by atoms with van der Waals surface area (Å²) < 4.78 is 5.65. The average Bonchev–Trinajstić information content (AvgIpc) is 2.61. The number of hydrogen-bond donors (Lipinski definition) is 1. The Kier molecular flexibility index (Phi) is 6.27. The lowest BCUT2D eigenvalue weighted by atomic mass is 9.90. The first-order valence-corrected chi connectivity index (χ1v) is 10.3. The van der Waals surface area contributed by atoms with Crippen LogP contribution in [-0.4, -0.2) is 22.9 Å². The van der Waals surface area contributed by atoms with Crippen molar-refractivity contribution in [1.82, 2.24) is 0 Å². The Labute approximate surface area is 165 Å². The second kappa shape index (κ2) is 8.66. The van der Waals surface area contributed by atoms with Crippen LogP contribution in [0.4, 0.5) is 0 Å². The zero-order chi connectivity index (χ0) is 19.4. The number of aliphatic hydroxyl groups is 1. The van der Waals surface area contributed by atoms with Crippen molar-refractivity contribution in [2.24, 2.45) is 0 Å². The van der Waals surface area contributed by atoms with Crippen molar-refractivity contribution in [1.29, 1.82) is 0 Å². The van der Waals surface area contributed by atoms with E-state index in [0.29, 0.717) is 12.0 Å². The molecule has 0 radical (unpaired) electrons. The van der Waals surface area contributed by atoms with Gasteiger partial charge in [-0.25, -0.2) is 4.79 Å². The summed E-state index contributed by atoms with van der Waals surface area (Å²) in [6, 6.07) is 14.3. The number of benzene rings is 2. The van der Waals surface area contributed by atoms with Crippen LogP contribution in [0.3, 0.4) is 0 Å². The Morgan fingerprint density at radius 1 is 1.11 bits per heavy atom. The van der Waals surface area contributed by atoms with Crippen molar-refractivity contribution in [3.05, 3.63) is 70.5 Å². The Morgan fingerprint density at radius 2 is 1.78 bits per heavy atom. The Balaban J connectivity index is 1.63. The second-order valence-corrected chi connectivity index (χ2v) is 8.30. The van der Waals surface area contributed by atoms with Gasteiger partial charge in [0.15, 0.2) is 0 Å². The van der Waals surface area contributed by atoms with Gasteiger partial charge >= 0.3 is 5.97 Å². The van der Waals surface area contributed by atoms with Gasteiger partial charge in [0.25, 0.3) is 0 Å². The van der Waals surface area contributed by atoms with Crippen LogP contribution in [-0.2, 0) is 9.53 Å². The normalized spacial score (nSPS) is 17.1. The van der Waals surface area contributed by atoms with Crippen LogP contribution in [0, 0.1) is 20.8 Å². The lowest BCUT2D eigenvalue weighted by Gasteiger charge is -2.26. The molecule has 3 nitrogen and oxygen atoms in total. The maximum absolute atomic E-state index is 12.6. The van der Waals surface area contributed by atoms with E-state index in [9.17, 15) is 9.90 Å². The van der Waals surface area contributed by atoms with Crippen LogP contribution in [0.5, 0.6) is 0 Å². The van der Waals surface area contributed by atoms with Crippen LogP contribution >= 0.6 is 11.8 Å². The molecule has 0 saturated heterocycles. The molecule has 1 aliphatic rings. The number of cyclic esters (lactones) is 1. The van der Waals surface area contributed by atoms with Gasteiger partial charge in [-0.05, 0) is 68.2 Å². The van der Waals surface area contributed by atoms with Gasteiger partial charge in [0, 0.05) is 11.3 Å². The van der Waals surface area contributed by atoms with Gasteiger partial charge in [-0.2, -0.15) is 0 Å². The summed E-state index contributed by atoms with van der Waals surface area (Å²) in [7, 11) is 0. The molecule has 1 unspecified atom stereocenters. The fourth-order valence-corrected chi connectivity index (χ4v) is 4.58. The summed E-state index contributed by atoms with van der Waals surface area (Å²) in [6.07, 6.45) is 1.84. The van der Waals surface area contributed by atoms with E-state index in [1.165, 1.54) is 4.90 Å². The van der Waals surface area contributed by atoms with Crippen LogP contribution in [0.25, 0.3) is 5.57 Å². The van der Waals surface area contributed by atoms with Gasteiger partial charge in [-0.1, -0.05) is 35.9 Å². The van der Waals surface area contributed by atoms with E-state index in [2.05, 4.69) is 12.1 Å². The average molecular weight is 383 g/mol. The van der Waals surface area contributed by atoms with Crippen molar-refractivity contribution in [2.75, 3.05) is 5.75 Å². The van der Waals surface area contributed by atoms with Crippen molar-refractivity contribution >= 4 is 23.3 Å². The molecule has 0 spiro atoms. The van der Waals surface area contributed by atoms with E-state index in [1.54, 1.807) is 11.8 Å². The van der Waals surface area contributed by atoms with Gasteiger partial charge in [0.1, 0.15) is 17.4 Å². The molecule has 27 heavy (non-hydrogen) atoms. The predicted molar refractivity (Wildman–Crippen MR) is 111 cm³/mol. The zero-order valence-electron chi connectivity index (χ0n) is 16.1. The lowest BCUT2D eigenvalue weighted by molar-refractivity contribution is -0.143. The summed E-state index contributed by atoms with van der Waals surface area (Å²) >= 11 is 1.80. The third kappa shape index (κ3) is 4.75. The van der Waals surface area contributed by atoms with E-state index < -0.39 is 5.97 Å². The number of carbonyl (C=O) groups is 1. The van der Waals surface area contributed by atoms with Crippen LogP contribution in [0.1, 0.15) is 41.5 Å². The van der Waals surface area contributed by atoms with Gasteiger partial charge in [0.05, 0.1) is 0 Å². The highest BCUT2D eigenvalue weighted by atomic mass is 32.2. The molecule has 2 aromatic carbocycles. The molecule has 1 N–H and O–H groups in total. The topological polar surface area (TPSA) is 46.5 Å². The molecule has 2 aromatic rings. The van der Waals surface area contributed by atoms with Crippen molar-refractivity contribution in [3.8, 4) is 0 Å². The first-order valence-electron chi connectivity index (χ1n) is 9.35. The van der Waals surface area contributed by atoms with Crippen LogP contribution in [0.15, 0.2) is 53.1 Å². The predicted octanol–water partition coefficient (Wildman–Crippen LogP) is 5.77. The smallest absolute Gasteiger partial charge is 0.342 e. The molecule has 4 heteroatoms. The van der Waals surface area contributed by atoms with Crippen LogP contribution in [0.2, 0.25) is 0 Å². The third-order valence-electron chi connectivity index (χ3n) is 4.80. The fourth-order valence-electron chi connectivity index (χ4n) is 3.69. The first-order chi connectivity index (χ1) is 13.0. The summed E-state index contributed by atoms with van der Waals surface area (Å²) in [6.45, 7) is 5.96. The number of ether oxygens (including phenoxy) is 1. The molecular weight excluding hydrogens is 356 g/mol. The molecule has 0 amide bonds. The molecule has 0 aromatic heterocycles. The minimum absolute atomic E-state index is 0.155. The van der Waals surface area contributed by atoms with E-state index in [4.69, 9.17) is 4.74 Å². The molecule has 1 heterocycles. The zero-order valence-corrected chi connectivity index (χ0v) is 16.9. The number of aliphatic hydroxyl groups excluding tert-OH is 1. The maximum atomic E-state index is 12.6. The van der Waals surface area contributed by atoms with E-state index >= 15 is 0 Å². The van der Waals surface area contributed by atoms with Gasteiger partial charge in [-0.3, -0.25) is 0 Å². The number of thioether (sulfide) groups is 1. The van der Waals surface area contributed by atoms with Gasteiger partial charge in [-0.15, -0.1) is 11.8 Å². The minimum Gasteiger partial charge on any atom is -0.511 e. The molecule has 0 fully saturated rings. The summed E-state index contributed by atoms with van der Waals surface area (Å²) in [4.78, 5) is 13.9. The van der Waals surface area contributed by atoms with Gasteiger partial charge in [0.2, 0.25) is 0 Å². The molecule has 1 aliphatic heterocycles. The molecule has 142 valence electrons. The quantitative estimate of drug-likeness (QED) is 0.391.